The Morgan fingerprint density at radius 1 is 0.203 bits per heavy atom. The van der Waals surface area contributed by atoms with Crippen molar-refractivity contribution in [3.8, 4) is 75.1 Å². The van der Waals surface area contributed by atoms with Crippen molar-refractivity contribution >= 4 is 44.2 Å². The van der Waals surface area contributed by atoms with Crippen LogP contribution in [0.4, 0.5) is 0 Å². The zero-order chi connectivity index (χ0) is 48.5. The fourth-order valence-electron chi connectivity index (χ4n) is 13.8. The molecule has 0 atom stereocenters. The number of rotatable bonds is 5. The van der Waals surface area contributed by atoms with Crippen LogP contribution >= 0.6 is 22.7 Å². The van der Waals surface area contributed by atoms with Crippen molar-refractivity contribution in [1.29, 1.82) is 0 Å². The second-order valence-corrected chi connectivity index (χ2v) is 22.3. The van der Waals surface area contributed by atoms with Gasteiger partial charge in [0.1, 0.15) is 0 Å². The Morgan fingerprint density at radius 2 is 0.514 bits per heavy atom. The molecule has 74 heavy (non-hydrogen) atoms. The molecule has 0 amide bonds. The van der Waals surface area contributed by atoms with Crippen molar-refractivity contribution in [2.45, 2.75) is 10.8 Å². The minimum absolute atomic E-state index is 0.532. The highest BCUT2D eigenvalue weighted by Gasteiger charge is 2.59. The number of hydrogen-bond donors (Lipinski definition) is 0. The Labute approximate surface area is 438 Å². The molecule has 0 fully saturated rings. The van der Waals surface area contributed by atoms with Crippen LogP contribution in [0.15, 0.2) is 267 Å². The van der Waals surface area contributed by atoms with Crippen LogP contribution in [0.25, 0.3) is 96.7 Å². The predicted octanol–water partition coefficient (Wildman–Crippen LogP) is 19.5. The molecule has 13 aromatic rings. The van der Waals surface area contributed by atoms with E-state index >= 15 is 0 Å². The summed E-state index contributed by atoms with van der Waals surface area (Å²) in [6.07, 6.45) is 0. The van der Waals surface area contributed by atoms with Crippen LogP contribution in [0.2, 0.25) is 0 Å². The van der Waals surface area contributed by atoms with E-state index in [2.05, 4.69) is 267 Å². The molecule has 11 aromatic carbocycles. The molecule has 16 rings (SSSR count). The summed E-state index contributed by atoms with van der Waals surface area (Å²) < 4.78 is 0. The smallest absolute Gasteiger partial charge is 0.0720 e. The van der Waals surface area contributed by atoms with E-state index in [1.165, 1.54) is 141 Å². The van der Waals surface area contributed by atoms with Crippen molar-refractivity contribution in [2.24, 2.45) is 0 Å². The van der Waals surface area contributed by atoms with Gasteiger partial charge in [-0.3, -0.25) is 0 Å². The van der Waals surface area contributed by atoms with E-state index in [9.17, 15) is 0 Å². The predicted molar refractivity (Wildman–Crippen MR) is 313 cm³/mol. The highest BCUT2D eigenvalue weighted by molar-refractivity contribution is 7.25. The largest absolute Gasteiger partial charge is 0.134 e. The zero-order valence-corrected chi connectivity index (χ0v) is 41.9. The van der Waals surface area contributed by atoms with E-state index in [0.717, 1.165) is 0 Å². The quantitative estimate of drug-likeness (QED) is 0.151. The summed E-state index contributed by atoms with van der Waals surface area (Å²) in [5, 5.41) is 5.01. The molecular weight excluding hydrogens is 929 g/mol. The Balaban J connectivity index is 0.907. The van der Waals surface area contributed by atoms with E-state index in [1.807, 2.05) is 22.7 Å². The summed E-state index contributed by atoms with van der Waals surface area (Å²) in [5.74, 6) is 0. The maximum absolute atomic E-state index is 2.62. The Hall–Kier alpha value is -8.66. The summed E-state index contributed by atoms with van der Waals surface area (Å²) in [6, 6.07) is 101. The molecule has 0 aliphatic heterocycles. The van der Waals surface area contributed by atoms with E-state index in [1.54, 1.807) is 0 Å². The van der Waals surface area contributed by atoms with E-state index in [-0.39, 0.29) is 0 Å². The molecular formula is C72H44S2. The maximum atomic E-state index is 2.62. The van der Waals surface area contributed by atoms with Crippen LogP contribution in [0.1, 0.15) is 44.5 Å². The second kappa shape index (κ2) is 15.9. The van der Waals surface area contributed by atoms with Crippen LogP contribution in [0.5, 0.6) is 0 Å². The molecule has 0 saturated heterocycles. The number of hydrogen-bond acceptors (Lipinski definition) is 2. The molecule has 344 valence electrons. The summed E-state index contributed by atoms with van der Waals surface area (Å²) in [7, 11) is 0. The minimum Gasteiger partial charge on any atom is -0.134 e. The van der Waals surface area contributed by atoms with Gasteiger partial charge < -0.3 is 0 Å². The Bertz CT molecular complexity index is 4280. The lowest BCUT2D eigenvalue weighted by Gasteiger charge is -2.49. The third kappa shape index (κ3) is 5.62. The molecule has 3 aliphatic rings. The van der Waals surface area contributed by atoms with Crippen molar-refractivity contribution in [2.75, 3.05) is 0 Å². The molecule has 3 aliphatic carbocycles. The molecule has 0 radical (unpaired) electrons. The normalized spacial score (nSPS) is 13.9. The summed E-state index contributed by atoms with van der Waals surface area (Å²) in [6.45, 7) is 0. The van der Waals surface area contributed by atoms with Crippen LogP contribution in [0.3, 0.4) is 0 Å². The number of thiophene rings is 2. The Morgan fingerprint density at radius 3 is 0.973 bits per heavy atom. The first-order valence-corrected chi connectivity index (χ1v) is 27.3. The molecule has 2 heteroatoms. The SMILES string of the molecule is c1ccc(-c2ccc(-c3ccc(-c4ccc(-c5c6ccccc6c(-c6ccc7c(c6)C6(c8ccccc8-c8ccccc86)c6ccccc6C76c7ccccc7-c7ccccc76)c6ccccc56)cc4)s3)s2)cc1. The zero-order valence-electron chi connectivity index (χ0n) is 40.2. The molecule has 2 aromatic heterocycles. The van der Waals surface area contributed by atoms with Gasteiger partial charge >= 0.3 is 0 Å². The summed E-state index contributed by atoms with van der Waals surface area (Å²) in [5.41, 5.74) is 22.4. The van der Waals surface area contributed by atoms with Gasteiger partial charge in [0, 0.05) is 19.5 Å². The van der Waals surface area contributed by atoms with Gasteiger partial charge in [-0.05, 0) is 152 Å². The van der Waals surface area contributed by atoms with Crippen molar-refractivity contribution < 1.29 is 0 Å². The van der Waals surface area contributed by atoms with Gasteiger partial charge in [-0.15, -0.1) is 22.7 Å². The van der Waals surface area contributed by atoms with Gasteiger partial charge in [0.05, 0.1) is 10.8 Å². The molecule has 2 heterocycles. The van der Waals surface area contributed by atoms with E-state index in [0.29, 0.717) is 0 Å². The molecule has 0 N–H and O–H groups in total. The van der Waals surface area contributed by atoms with Crippen molar-refractivity contribution in [3.63, 3.8) is 0 Å². The average molecular weight is 973 g/mol. The van der Waals surface area contributed by atoms with Crippen molar-refractivity contribution in [3.05, 3.63) is 311 Å². The maximum Gasteiger partial charge on any atom is 0.0720 e. The first-order valence-electron chi connectivity index (χ1n) is 25.6. The number of fused-ring (bicyclic) bond motifs is 18. The minimum atomic E-state index is -0.571. The average Bonchev–Trinajstić information content (AvgIpc) is 4.43. The van der Waals surface area contributed by atoms with Gasteiger partial charge in [-0.1, -0.05) is 237 Å². The number of benzene rings is 11. The lowest BCUT2D eigenvalue weighted by atomic mass is 9.52. The third-order valence-electron chi connectivity index (χ3n) is 16.7. The third-order valence-corrected chi connectivity index (χ3v) is 19.1. The van der Waals surface area contributed by atoms with Gasteiger partial charge in [-0.25, -0.2) is 0 Å². The molecule has 2 spiro atoms. The monoisotopic (exact) mass is 972 g/mol. The topological polar surface area (TPSA) is 0 Å². The summed E-state index contributed by atoms with van der Waals surface area (Å²) >= 11 is 3.73. The Kier molecular flexibility index (Phi) is 9.01. The first-order chi connectivity index (χ1) is 36.7. The van der Waals surface area contributed by atoms with Crippen LogP contribution in [-0.4, -0.2) is 0 Å². The first kappa shape index (κ1) is 41.9. The standard InChI is InChI=1S/C72H44S2/c1-2-18-45(19-3-1)65-40-42-67(73-65)68-43-41-66(74-68)46-34-36-47(37-35-46)69-53-24-4-6-26-55(53)70(56-27-7-5-25-54(56)69)48-38-39-63-64(44-48)72(59-30-14-10-22-51(59)52-23-11-15-31-60(52)72)62-33-17-16-32-61(62)71(63)57-28-12-8-20-49(57)50-21-9-13-29-58(50)71/h1-44H. The van der Waals surface area contributed by atoms with Crippen LogP contribution in [0, 0.1) is 0 Å². The molecule has 0 bridgehead atoms. The highest BCUT2D eigenvalue weighted by Crippen LogP contribution is 2.68. The van der Waals surface area contributed by atoms with E-state index in [4.69, 9.17) is 0 Å². The van der Waals surface area contributed by atoms with Gasteiger partial charge in [0.15, 0.2) is 0 Å². The molecule has 0 unspecified atom stereocenters. The van der Waals surface area contributed by atoms with Crippen LogP contribution in [-0.2, 0) is 10.8 Å². The summed E-state index contributed by atoms with van der Waals surface area (Å²) in [4.78, 5) is 5.18. The molecule has 0 nitrogen and oxygen atoms in total. The highest BCUT2D eigenvalue weighted by atomic mass is 32.1. The van der Waals surface area contributed by atoms with Gasteiger partial charge in [-0.2, -0.15) is 0 Å². The fourth-order valence-corrected chi connectivity index (χ4v) is 15.9. The second-order valence-electron chi connectivity index (χ2n) is 20.1. The lowest BCUT2D eigenvalue weighted by Crippen LogP contribution is -2.43. The van der Waals surface area contributed by atoms with Crippen molar-refractivity contribution in [1.82, 2.24) is 0 Å². The van der Waals surface area contributed by atoms with Gasteiger partial charge in [0.2, 0.25) is 0 Å². The molecule has 0 saturated carbocycles. The van der Waals surface area contributed by atoms with Crippen LogP contribution < -0.4 is 0 Å². The van der Waals surface area contributed by atoms with Gasteiger partial charge in [0.25, 0.3) is 0 Å². The lowest BCUT2D eigenvalue weighted by molar-refractivity contribution is 0.633. The van der Waals surface area contributed by atoms with E-state index < -0.39 is 10.8 Å². The fraction of sp³-hybridized carbons (Fsp3) is 0.0278.